The lowest BCUT2D eigenvalue weighted by atomic mass is 10.1. The summed E-state index contributed by atoms with van der Waals surface area (Å²) in [6.07, 6.45) is 0.472. The van der Waals surface area contributed by atoms with Crippen LogP contribution in [-0.4, -0.2) is 30.0 Å². The van der Waals surface area contributed by atoms with Crippen LogP contribution in [0.5, 0.6) is 0 Å². The molecule has 2 aromatic carbocycles. The highest BCUT2D eigenvalue weighted by molar-refractivity contribution is 6.31. The Hall–Kier alpha value is -3.00. The van der Waals surface area contributed by atoms with Gasteiger partial charge in [-0.3, -0.25) is 14.9 Å². The molecule has 0 radical (unpaired) electrons. The van der Waals surface area contributed by atoms with Crippen molar-refractivity contribution >= 4 is 29.2 Å². The SMILES string of the molecule is O=C(COC(=O)c1cc(Cl)ccc1[N+](=O)[O-])NCCc1ccc(F)cc1. The number of nitro groups is 1. The number of nitrogens with zero attached hydrogens (tertiary/aromatic N) is 1. The highest BCUT2D eigenvalue weighted by Crippen LogP contribution is 2.23. The second-order valence-electron chi connectivity index (χ2n) is 5.22. The molecular weight excluding hydrogens is 367 g/mol. The van der Waals surface area contributed by atoms with Crippen molar-refractivity contribution in [1.82, 2.24) is 5.32 Å². The van der Waals surface area contributed by atoms with Gasteiger partial charge in [0, 0.05) is 17.6 Å². The Bertz CT molecular complexity index is 826. The molecule has 0 aliphatic rings. The fourth-order valence-corrected chi connectivity index (χ4v) is 2.26. The van der Waals surface area contributed by atoms with Crippen LogP contribution in [0.4, 0.5) is 10.1 Å². The predicted octanol–water partition coefficient (Wildman–Crippen LogP) is 2.90. The average Bonchev–Trinajstić information content (AvgIpc) is 2.61. The molecule has 7 nitrogen and oxygen atoms in total. The van der Waals surface area contributed by atoms with E-state index in [1.54, 1.807) is 12.1 Å². The monoisotopic (exact) mass is 380 g/mol. The largest absolute Gasteiger partial charge is 0.452 e. The number of nitro benzene ring substituents is 1. The molecule has 1 amide bonds. The van der Waals surface area contributed by atoms with Crippen LogP contribution in [0.25, 0.3) is 0 Å². The highest BCUT2D eigenvalue weighted by Gasteiger charge is 2.22. The van der Waals surface area contributed by atoms with E-state index in [4.69, 9.17) is 16.3 Å². The maximum Gasteiger partial charge on any atom is 0.345 e. The quantitative estimate of drug-likeness (QED) is 0.452. The number of esters is 1. The molecule has 2 rings (SSSR count). The van der Waals surface area contributed by atoms with Crippen LogP contribution in [-0.2, 0) is 16.0 Å². The minimum absolute atomic E-state index is 0.131. The molecule has 0 spiro atoms. The van der Waals surface area contributed by atoms with Crippen molar-refractivity contribution < 1.29 is 23.6 Å². The lowest BCUT2D eigenvalue weighted by Crippen LogP contribution is -2.30. The first kappa shape index (κ1) is 19.3. The smallest absolute Gasteiger partial charge is 0.345 e. The Morgan fingerprint density at radius 2 is 1.88 bits per heavy atom. The first-order chi connectivity index (χ1) is 12.4. The number of halogens is 2. The Kier molecular flexibility index (Phi) is 6.62. The summed E-state index contributed by atoms with van der Waals surface area (Å²) in [5, 5.41) is 13.6. The average molecular weight is 381 g/mol. The highest BCUT2D eigenvalue weighted by atomic mass is 35.5. The van der Waals surface area contributed by atoms with Crippen molar-refractivity contribution in [3.63, 3.8) is 0 Å². The minimum atomic E-state index is -1.02. The van der Waals surface area contributed by atoms with Crippen molar-refractivity contribution in [2.24, 2.45) is 0 Å². The standard InChI is InChI=1S/C17H14ClFN2O5/c18-12-3-6-15(21(24)25)14(9-12)17(23)26-10-16(22)20-8-7-11-1-4-13(19)5-2-11/h1-6,9H,7-8,10H2,(H,20,22). The topological polar surface area (TPSA) is 98.5 Å². The third kappa shape index (κ3) is 5.52. The molecular formula is C17H14ClFN2O5. The number of carbonyl (C=O) groups excluding carboxylic acids is 2. The molecule has 2 aromatic rings. The predicted molar refractivity (Wildman–Crippen MR) is 91.5 cm³/mol. The summed E-state index contributed by atoms with van der Waals surface area (Å²) in [5.74, 6) is -1.93. The van der Waals surface area contributed by atoms with Crippen molar-refractivity contribution in [2.75, 3.05) is 13.2 Å². The van der Waals surface area contributed by atoms with Gasteiger partial charge in [0.1, 0.15) is 11.4 Å². The van der Waals surface area contributed by atoms with Gasteiger partial charge in [-0.25, -0.2) is 9.18 Å². The fourth-order valence-electron chi connectivity index (χ4n) is 2.09. The molecule has 1 N–H and O–H groups in total. The van der Waals surface area contributed by atoms with E-state index >= 15 is 0 Å². The van der Waals surface area contributed by atoms with E-state index in [-0.39, 0.29) is 22.9 Å². The first-order valence-electron chi connectivity index (χ1n) is 7.49. The molecule has 0 saturated carbocycles. The molecule has 0 bridgehead atoms. The Morgan fingerprint density at radius 1 is 1.19 bits per heavy atom. The summed E-state index contributed by atoms with van der Waals surface area (Å²) in [4.78, 5) is 33.8. The second kappa shape index (κ2) is 8.91. The molecule has 26 heavy (non-hydrogen) atoms. The van der Waals surface area contributed by atoms with Gasteiger partial charge in [-0.15, -0.1) is 0 Å². The van der Waals surface area contributed by atoms with Crippen LogP contribution >= 0.6 is 11.6 Å². The molecule has 0 aliphatic carbocycles. The van der Waals surface area contributed by atoms with E-state index in [0.29, 0.717) is 6.42 Å². The third-order valence-corrected chi connectivity index (χ3v) is 3.59. The van der Waals surface area contributed by atoms with Crippen LogP contribution in [0.15, 0.2) is 42.5 Å². The molecule has 0 unspecified atom stereocenters. The first-order valence-corrected chi connectivity index (χ1v) is 7.87. The number of hydrogen-bond acceptors (Lipinski definition) is 5. The number of nitrogens with one attached hydrogen (secondary N) is 1. The van der Waals surface area contributed by atoms with Crippen LogP contribution in [0.2, 0.25) is 5.02 Å². The van der Waals surface area contributed by atoms with E-state index in [2.05, 4.69) is 5.32 Å². The van der Waals surface area contributed by atoms with Crippen molar-refractivity contribution in [3.8, 4) is 0 Å². The van der Waals surface area contributed by atoms with Crippen LogP contribution in [0.3, 0.4) is 0 Å². The summed E-state index contributed by atoms with van der Waals surface area (Å²) >= 11 is 5.73. The lowest BCUT2D eigenvalue weighted by Gasteiger charge is -2.07. The van der Waals surface area contributed by atoms with Gasteiger partial charge in [-0.2, -0.15) is 0 Å². The maximum atomic E-state index is 12.8. The minimum Gasteiger partial charge on any atom is -0.452 e. The van der Waals surface area contributed by atoms with Gasteiger partial charge in [0.15, 0.2) is 6.61 Å². The van der Waals surface area contributed by atoms with Crippen LogP contribution in [0, 0.1) is 15.9 Å². The Labute approximate surface area is 152 Å². The van der Waals surface area contributed by atoms with Gasteiger partial charge in [-0.1, -0.05) is 23.7 Å². The lowest BCUT2D eigenvalue weighted by molar-refractivity contribution is -0.385. The van der Waals surface area contributed by atoms with E-state index < -0.39 is 29.1 Å². The van der Waals surface area contributed by atoms with Gasteiger partial charge in [0.05, 0.1) is 4.92 Å². The molecule has 0 saturated heterocycles. The third-order valence-electron chi connectivity index (χ3n) is 3.36. The fraction of sp³-hybridized carbons (Fsp3) is 0.176. The van der Waals surface area contributed by atoms with Crippen molar-refractivity contribution in [2.45, 2.75) is 6.42 Å². The zero-order chi connectivity index (χ0) is 19.1. The van der Waals surface area contributed by atoms with E-state index in [9.17, 15) is 24.1 Å². The van der Waals surface area contributed by atoms with Gasteiger partial charge >= 0.3 is 5.97 Å². The number of rotatable bonds is 7. The second-order valence-corrected chi connectivity index (χ2v) is 5.66. The molecule has 136 valence electrons. The summed E-state index contributed by atoms with van der Waals surface area (Å²) in [7, 11) is 0. The molecule has 0 fully saturated rings. The molecule has 0 heterocycles. The molecule has 0 aliphatic heterocycles. The number of ether oxygens (including phenoxy) is 1. The van der Waals surface area contributed by atoms with Crippen molar-refractivity contribution in [1.29, 1.82) is 0 Å². The van der Waals surface area contributed by atoms with E-state index in [1.165, 1.54) is 18.2 Å². The van der Waals surface area contributed by atoms with Crippen molar-refractivity contribution in [3.05, 3.63) is 74.5 Å². The normalized spacial score (nSPS) is 10.2. The summed E-state index contributed by atoms with van der Waals surface area (Å²) < 4.78 is 17.6. The zero-order valence-corrected chi connectivity index (χ0v) is 14.2. The number of hydrogen-bond donors (Lipinski definition) is 1. The Balaban J connectivity index is 1.83. The van der Waals surface area contributed by atoms with Crippen LogP contribution in [0.1, 0.15) is 15.9 Å². The maximum absolute atomic E-state index is 12.8. The molecule has 0 aromatic heterocycles. The Morgan fingerprint density at radius 3 is 2.54 bits per heavy atom. The van der Waals surface area contributed by atoms with E-state index in [0.717, 1.165) is 17.7 Å². The number of carbonyl (C=O) groups is 2. The molecule has 0 atom stereocenters. The van der Waals surface area contributed by atoms with Gasteiger partial charge < -0.3 is 10.1 Å². The summed E-state index contributed by atoms with van der Waals surface area (Å²) in [5.41, 5.74) is 0.0379. The number of benzene rings is 2. The van der Waals surface area contributed by atoms with Gasteiger partial charge in [0.2, 0.25) is 0 Å². The van der Waals surface area contributed by atoms with Crippen LogP contribution < -0.4 is 5.32 Å². The number of amides is 1. The summed E-state index contributed by atoms with van der Waals surface area (Å²) in [6.45, 7) is -0.328. The summed E-state index contributed by atoms with van der Waals surface area (Å²) in [6, 6.07) is 9.29. The van der Waals surface area contributed by atoms with Gasteiger partial charge in [0.25, 0.3) is 11.6 Å². The van der Waals surface area contributed by atoms with E-state index in [1.807, 2.05) is 0 Å². The van der Waals surface area contributed by atoms with Gasteiger partial charge in [-0.05, 0) is 36.2 Å². The molecule has 9 heteroatoms. The zero-order valence-electron chi connectivity index (χ0n) is 13.4.